The molecular weight excluding hydrogens is 392 g/mol. The normalized spacial score (nSPS) is 11.7. The molecule has 0 bridgehead atoms. The van der Waals surface area contributed by atoms with Gasteiger partial charge in [-0.05, 0) is 64.7 Å². The molecule has 0 atom stereocenters. The van der Waals surface area contributed by atoms with Crippen LogP contribution in [-0.4, -0.2) is 20.3 Å². The first-order valence-electron chi connectivity index (χ1n) is 10.8. The monoisotopic (exact) mass is 426 g/mol. The molecule has 1 aromatic carbocycles. The van der Waals surface area contributed by atoms with Gasteiger partial charge in [-0.3, -0.25) is 0 Å². The quantitative estimate of drug-likeness (QED) is 0.217. The van der Waals surface area contributed by atoms with Gasteiger partial charge < -0.3 is 18.6 Å². The SMILES string of the molecule is CC/C=C/CCOc1c(OC)c(=O)oc2cccc(OC/C=C(\C)CCC=C(C)C)c12. The summed E-state index contributed by atoms with van der Waals surface area (Å²) in [4.78, 5) is 12.3. The van der Waals surface area contributed by atoms with Crippen molar-refractivity contribution in [2.45, 2.75) is 53.4 Å². The highest BCUT2D eigenvalue weighted by atomic mass is 16.5. The van der Waals surface area contributed by atoms with Gasteiger partial charge in [0, 0.05) is 0 Å². The third-order valence-electron chi connectivity index (χ3n) is 4.71. The number of hydrogen-bond donors (Lipinski definition) is 0. The van der Waals surface area contributed by atoms with Gasteiger partial charge >= 0.3 is 5.63 Å². The molecule has 0 amide bonds. The Morgan fingerprint density at radius 2 is 1.84 bits per heavy atom. The second kappa shape index (κ2) is 12.7. The molecule has 1 aromatic heterocycles. The minimum Gasteiger partial charge on any atom is -0.489 e. The van der Waals surface area contributed by atoms with Crippen molar-refractivity contribution in [2.75, 3.05) is 20.3 Å². The van der Waals surface area contributed by atoms with Gasteiger partial charge in [-0.25, -0.2) is 4.79 Å². The van der Waals surface area contributed by atoms with Crippen molar-refractivity contribution in [3.63, 3.8) is 0 Å². The second-order valence-corrected chi connectivity index (χ2v) is 7.58. The highest BCUT2D eigenvalue weighted by molar-refractivity contribution is 5.91. The van der Waals surface area contributed by atoms with Crippen LogP contribution in [0.3, 0.4) is 0 Å². The van der Waals surface area contributed by atoms with E-state index < -0.39 is 5.63 Å². The Bertz CT molecular complexity index is 991. The summed E-state index contributed by atoms with van der Waals surface area (Å²) in [5, 5.41) is 0.606. The van der Waals surface area contributed by atoms with Crippen LogP contribution in [0.5, 0.6) is 17.2 Å². The molecule has 31 heavy (non-hydrogen) atoms. The van der Waals surface area contributed by atoms with Crippen molar-refractivity contribution in [3.8, 4) is 17.2 Å². The van der Waals surface area contributed by atoms with Crippen molar-refractivity contribution in [3.05, 3.63) is 64.1 Å². The fourth-order valence-corrected chi connectivity index (χ4v) is 3.08. The molecule has 0 spiro atoms. The van der Waals surface area contributed by atoms with E-state index in [9.17, 15) is 4.79 Å². The number of rotatable bonds is 12. The number of fused-ring (bicyclic) bond motifs is 1. The predicted octanol–water partition coefficient (Wildman–Crippen LogP) is 6.61. The van der Waals surface area contributed by atoms with E-state index in [4.69, 9.17) is 18.6 Å². The average Bonchev–Trinajstić information content (AvgIpc) is 2.73. The fourth-order valence-electron chi connectivity index (χ4n) is 3.08. The summed E-state index contributed by atoms with van der Waals surface area (Å²) < 4.78 is 22.8. The summed E-state index contributed by atoms with van der Waals surface area (Å²) in [5.41, 5.74) is 2.43. The van der Waals surface area contributed by atoms with Crippen LogP contribution in [-0.2, 0) is 0 Å². The molecule has 1 heterocycles. The van der Waals surface area contributed by atoms with Crippen LogP contribution in [0.1, 0.15) is 53.4 Å². The molecular formula is C26H34O5. The predicted molar refractivity (Wildman–Crippen MR) is 126 cm³/mol. The lowest BCUT2D eigenvalue weighted by molar-refractivity contribution is 0.291. The lowest BCUT2D eigenvalue weighted by Gasteiger charge is -2.14. The zero-order valence-corrected chi connectivity index (χ0v) is 19.3. The molecule has 5 nitrogen and oxygen atoms in total. The van der Waals surface area contributed by atoms with E-state index in [2.05, 4.69) is 52.0 Å². The summed E-state index contributed by atoms with van der Waals surface area (Å²) in [7, 11) is 1.43. The van der Waals surface area contributed by atoms with Gasteiger partial charge in [-0.1, -0.05) is 42.4 Å². The Morgan fingerprint density at radius 1 is 1.03 bits per heavy atom. The summed E-state index contributed by atoms with van der Waals surface area (Å²) in [5.74, 6) is 1.00. The second-order valence-electron chi connectivity index (χ2n) is 7.58. The highest BCUT2D eigenvalue weighted by Gasteiger charge is 2.20. The average molecular weight is 427 g/mol. The molecule has 0 aliphatic rings. The van der Waals surface area contributed by atoms with Crippen LogP contribution in [0.25, 0.3) is 11.0 Å². The summed E-state index contributed by atoms with van der Waals surface area (Å²) in [6, 6.07) is 5.37. The lowest BCUT2D eigenvalue weighted by atomic mass is 10.1. The number of hydrogen-bond acceptors (Lipinski definition) is 5. The summed E-state index contributed by atoms with van der Waals surface area (Å²) >= 11 is 0. The fraction of sp³-hybridized carbons (Fsp3) is 0.423. The van der Waals surface area contributed by atoms with E-state index in [1.54, 1.807) is 12.1 Å². The Hall–Kier alpha value is -2.95. The van der Waals surface area contributed by atoms with Gasteiger partial charge in [0.05, 0.1) is 13.7 Å². The zero-order valence-electron chi connectivity index (χ0n) is 19.3. The van der Waals surface area contributed by atoms with E-state index in [0.717, 1.165) is 25.7 Å². The molecule has 0 radical (unpaired) electrons. The Kier molecular flexibility index (Phi) is 9.95. The van der Waals surface area contributed by atoms with Crippen LogP contribution in [0, 0.1) is 0 Å². The molecule has 0 aliphatic carbocycles. The van der Waals surface area contributed by atoms with E-state index in [1.807, 2.05) is 6.07 Å². The van der Waals surface area contributed by atoms with E-state index in [1.165, 1.54) is 18.3 Å². The molecule has 0 saturated heterocycles. The molecule has 2 rings (SSSR count). The number of allylic oxidation sites excluding steroid dienone is 4. The lowest BCUT2D eigenvalue weighted by Crippen LogP contribution is -2.09. The zero-order chi connectivity index (χ0) is 22.6. The van der Waals surface area contributed by atoms with E-state index in [-0.39, 0.29) is 5.75 Å². The molecule has 168 valence electrons. The minimum absolute atomic E-state index is 0.0523. The van der Waals surface area contributed by atoms with Crippen molar-refractivity contribution in [1.82, 2.24) is 0 Å². The standard InChI is InChI=1S/C26H34O5/c1-6-7-8-9-17-30-24-23-21(29-18-16-20(4)13-10-12-19(2)3)14-11-15-22(23)31-26(27)25(24)28-5/h7-8,11-12,14-16H,6,9-10,13,17-18H2,1-5H3/b8-7+,20-16+. The van der Waals surface area contributed by atoms with Gasteiger partial charge in [-0.2, -0.15) is 0 Å². The van der Waals surface area contributed by atoms with Crippen molar-refractivity contribution in [1.29, 1.82) is 0 Å². The maximum Gasteiger partial charge on any atom is 0.383 e. The molecule has 0 saturated carbocycles. The van der Waals surface area contributed by atoms with Crippen molar-refractivity contribution in [2.24, 2.45) is 0 Å². The number of ether oxygens (including phenoxy) is 3. The largest absolute Gasteiger partial charge is 0.489 e. The van der Waals surface area contributed by atoms with Gasteiger partial charge in [0.2, 0.25) is 5.75 Å². The first-order valence-corrected chi connectivity index (χ1v) is 10.8. The van der Waals surface area contributed by atoms with Crippen LogP contribution in [0.4, 0.5) is 0 Å². The first-order chi connectivity index (χ1) is 15.0. The van der Waals surface area contributed by atoms with Crippen LogP contribution in [0.2, 0.25) is 0 Å². The van der Waals surface area contributed by atoms with Gasteiger partial charge in [0.15, 0.2) is 5.75 Å². The maximum atomic E-state index is 12.3. The van der Waals surface area contributed by atoms with Crippen LogP contribution >= 0.6 is 0 Å². The van der Waals surface area contributed by atoms with E-state index >= 15 is 0 Å². The summed E-state index contributed by atoms with van der Waals surface area (Å²) in [6.07, 6.45) is 12.2. The molecule has 5 heteroatoms. The van der Waals surface area contributed by atoms with Gasteiger partial charge in [0.1, 0.15) is 23.3 Å². The Morgan fingerprint density at radius 3 is 2.55 bits per heavy atom. The van der Waals surface area contributed by atoms with Gasteiger partial charge in [-0.15, -0.1) is 0 Å². The molecule has 0 aliphatic heterocycles. The minimum atomic E-state index is -0.568. The number of benzene rings is 1. The molecule has 0 N–H and O–H groups in total. The third-order valence-corrected chi connectivity index (χ3v) is 4.71. The van der Waals surface area contributed by atoms with E-state index in [0.29, 0.717) is 35.7 Å². The van der Waals surface area contributed by atoms with Gasteiger partial charge in [0.25, 0.3) is 0 Å². The number of methoxy groups -OCH3 is 1. The molecule has 2 aromatic rings. The highest BCUT2D eigenvalue weighted by Crippen LogP contribution is 2.38. The smallest absolute Gasteiger partial charge is 0.383 e. The van der Waals surface area contributed by atoms with Crippen molar-refractivity contribution >= 4 is 11.0 Å². The maximum absolute atomic E-state index is 12.3. The topological polar surface area (TPSA) is 57.9 Å². The first kappa shape index (κ1) is 24.3. The molecule has 0 fully saturated rings. The van der Waals surface area contributed by atoms with Crippen LogP contribution < -0.4 is 19.8 Å². The van der Waals surface area contributed by atoms with Crippen molar-refractivity contribution < 1.29 is 18.6 Å². The Balaban J connectivity index is 2.27. The third kappa shape index (κ3) is 7.35. The molecule has 0 unspecified atom stereocenters. The Labute approximate surface area is 185 Å². The van der Waals surface area contributed by atoms with Crippen LogP contribution in [0.15, 0.2) is 62.9 Å². The summed E-state index contributed by atoms with van der Waals surface area (Å²) in [6.45, 7) is 9.23.